The Hall–Kier alpha value is -1.26. The number of piperidine rings is 1. The molecule has 0 aromatic heterocycles. The molecule has 0 aromatic carbocycles. The molecule has 16 heavy (non-hydrogen) atoms. The van der Waals surface area contributed by atoms with Crippen LogP contribution in [0.1, 0.15) is 25.7 Å². The van der Waals surface area contributed by atoms with Crippen molar-refractivity contribution in [3.8, 4) is 0 Å². The van der Waals surface area contributed by atoms with E-state index in [0.717, 1.165) is 38.8 Å². The van der Waals surface area contributed by atoms with Gasteiger partial charge in [0.05, 0.1) is 7.11 Å². The highest BCUT2D eigenvalue weighted by Crippen LogP contribution is 2.31. The van der Waals surface area contributed by atoms with Crippen LogP contribution < -0.4 is 5.32 Å². The number of ether oxygens (including phenoxy) is 1. The van der Waals surface area contributed by atoms with Crippen LogP contribution >= 0.6 is 0 Å². The molecule has 1 aliphatic heterocycles. The van der Waals surface area contributed by atoms with Crippen molar-refractivity contribution in [1.82, 2.24) is 10.2 Å². The topological polar surface area (TPSA) is 58.6 Å². The third-order valence-corrected chi connectivity index (χ3v) is 3.24. The van der Waals surface area contributed by atoms with Crippen LogP contribution in [0.15, 0.2) is 0 Å². The first-order chi connectivity index (χ1) is 7.70. The van der Waals surface area contributed by atoms with Gasteiger partial charge in [0, 0.05) is 25.0 Å². The molecule has 1 aliphatic carbocycles. The van der Waals surface area contributed by atoms with Crippen molar-refractivity contribution in [1.29, 1.82) is 0 Å². The summed E-state index contributed by atoms with van der Waals surface area (Å²) >= 11 is 0. The maximum Gasteiger partial charge on any atom is 0.407 e. The SMILES string of the molecule is COC(=O)NC1CCN(C(=O)C2CC2)CC1. The standard InChI is InChI=1S/C11H18N2O3/c1-16-11(15)12-9-4-6-13(7-5-9)10(14)8-2-3-8/h8-9H,2-7H2,1H3,(H,12,15). The maximum atomic E-state index is 11.8. The van der Waals surface area contributed by atoms with Crippen LogP contribution in [0, 0.1) is 5.92 Å². The predicted molar refractivity (Wildman–Crippen MR) is 57.9 cm³/mol. The quantitative estimate of drug-likeness (QED) is 0.755. The van der Waals surface area contributed by atoms with E-state index >= 15 is 0 Å². The molecule has 0 radical (unpaired) electrons. The number of nitrogens with one attached hydrogen (secondary N) is 1. The fourth-order valence-corrected chi connectivity index (χ4v) is 2.06. The summed E-state index contributed by atoms with van der Waals surface area (Å²) in [5.74, 6) is 0.599. The number of alkyl carbamates (subject to hydrolysis) is 1. The van der Waals surface area contributed by atoms with Crippen molar-refractivity contribution in [2.45, 2.75) is 31.7 Å². The minimum Gasteiger partial charge on any atom is -0.453 e. The summed E-state index contributed by atoms with van der Waals surface area (Å²) in [7, 11) is 1.36. The lowest BCUT2D eigenvalue weighted by molar-refractivity contribution is -0.133. The Morgan fingerprint density at radius 3 is 2.31 bits per heavy atom. The number of amides is 2. The molecule has 2 amide bonds. The zero-order valence-corrected chi connectivity index (χ0v) is 9.57. The average Bonchev–Trinajstić information content (AvgIpc) is 3.13. The molecule has 2 aliphatic rings. The number of nitrogens with zero attached hydrogens (tertiary/aromatic N) is 1. The average molecular weight is 226 g/mol. The smallest absolute Gasteiger partial charge is 0.407 e. The van der Waals surface area contributed by atoms with E-state index in [1.165, 1.54) is 7.11 Å². The molecule has 5 nitrogen and oxygen atoms in total. The number of hydrogen-bond donors (Lipinski definition) is 1. The van der Waals surface area contributed by atoms with Gasteiger partial charge in [-0.3, -0.25) is 4.79 Å². The Bertz CT molecular complexity index is 281. The highest BCUT2D eigenvalue weighted by Gasteiger charge is 2.35. The number of rotatable bonds is 2. The maximum absolute atomic E-state index is 11.8. The number of methoxy groups -OCH3 is 1. The lowest BCUT2D eigenvalue weighted by Gasteiger charge is -2.32. The number of likely N-dealkylation sites (tertiary alicyclic amines) is 1. The summed E-state index contributed by atoms with van der Waals surface area (Å²) < 4.78 is 4.54. The molecule has 1 heterocycles. The van der Waals surface area contributed by atoms with Crippen LogP contribution in [0.25, 0.3) is 0 Å². The van der Waals surface area contributed by atoms with E-state index in [4.69, 9.17) is 0 Å². The van der Waals surface area contributed by atoms with E-state index in [1.54, 1.807) is 0 Å². The summed E-state index contributed by atoms with van der Waals surface area (Å²) in [4.78, 5) is 24.7. The molecular weight excluding hydrogens is 208 g/mol. The fraction of sp³-hybridized carbons (Fsp3) is 0.818. The van der Waals surface area contributed by atoms with Gasteiger partial charge < -0.3 is 15.0 Å². The molecule has 1 saturated heterocycles. The zero-order chi connectivity index (χ0) is 11.5. The van der Waals surface area contributed by atoms with Gasteiger partial charge in [-0.05, 0) is 25.7 Å². The van der Waals surface area contributed by atoms with E-state index in [0.29, 0.717) is 11.8 Å². The molecule has 0 unspecified atom stereocenters. The Morgan fingerprint density at radius 1 is 1.19 bits per heavy atom. The summed E-state index contributed by atoms with van der Waals surface area (Å²) in [6.45, 7) is 1.51. The second-order valence-electron chi connectivity index (χ2n) is 4.51. The van der Waals surface area contributed by atoms with Crippen LogP contribution in [-0.4, -0.2) is 43.1 Å². The summed E-state index contributed by atoms with van der Waals surface area (Å²) in [6, 6.07) is 0.149. The Balaban J connectivity index is 1.73. The van der Waals surface area contributed by atoms with Crippen molar-refractivity contribution in [2.24, 2.45) is 5.92 Å². The Morgan fingerprint density at radius 2 is 1.81 bits per heavy atom. The van der Waals surface area contributed by atoms with Crippen molar-refractivity contribution >= 4 is 12.0 Å². The van der Waals surface area contributed by atoms with Crippen LogP contribution in [0.2, 0.25) is 0 Å². The minimum absolute atomic E-state index is 0.149. The lowest BCUT2D eigenvalue weighted by Crippen LogP contribution is -2.46. The molecule has 1 saturated carbocycles. The second-order valence-corrected chi connectivity index (χ2v) is 4.51. The largest absolute Gasteiger partial charge is 0.453 e. The van der Waals surface area contributed by atoms with E-state index < -0.39 is 0 Å². The fourth-order valence-electron chi connectivity index (χ4n) is 2.06. The van der Waals surface area contributed by atoms with E-state index in [-0.39, 0.29) is 12.1 Å². The number of carbonyl (C=O) groups is 2. The minimum atomic E-state index is -0.382. The van der Waals surface area contributed by atoms with Gasteiger partial charge in [0.15, 0.2) is 0 Å². The Kier molecular flexibility index (Phi) is 3.31. The predicted octanol–water partition coefficient (Wildman–Crippen LogP) is 0.743. The van der Waals surface area contributed by atoms with Gasteiger partial charge in [-0.2, -0.15) is 0 Å². The van der Waals surface area contributed by atoms with Gasteiger partial charge >= 0.3 is 6.09 Å². The van der Waals surface area contributed by atoms with Gasteiger partial charge in [0.25, 0.3) is 0 Å². The molecule has 2 fully saturated rings. The first-order valence-corrected chi connectivity index (χ1v) is 5.84. The molecule has 2 rings (SSSR count). The monoisotopic (exact) mass is 226 g/mol. The highest BCUT2D eigenvalue weighted by atomic mass is 16.5. The van der Waals surface area contributed by atoms with Gasteiger partial charge in [-0.1, -0.05) is 0 Å². The molecule has 0 aromatic rings. The van der Waals surface area contributed by atoms with Gasteiger partial charge in [0.2, 0.25) is 5.91 Å². The van der Waals surface area contributed by atoms with Crippen LogP contribution in [-0.2, 0) is 9.53 Å². The van der Waals surface area contributed by atoms with E-state index in [2.05, 4.69) is 10.1 Å². The number of carbonyl (C=O) groups excluding carboxylic acids is 2. The van der Waals surface area contributed by atoms with Crippen LogP contribution in [0.4, 0.5) is 4.79 Å². The highest BCUT2D eigenvalue weighted by molar-refractivity contribution is 5.81. The third kappa shape index (κ3) is 2.65. The first-order valence-electron chi connectivity index (χ1n) is 5.84. The van der Waals surface area contributed by atoms with Gasteiger partial charge in [-0.15, -0.1) is 0 Å². The van der Waals surface area contributed by atoms with Crippen molar-refractivity contribution in [3.63, 3.8) is 0 Å². The molecular formula is C11H18N2O3. The molecule has 90 valence electrons. The zero-order valence-electron chi connectivity index (χ0n) is 9.57. The summed E-state index contributed by atoms with van der Waals surface area (Å²) in [5.41, 5.74) is 0. The second kappa shape index (κ2) is 4.72. The Labute approximate surface area is 95.1 Å². The normalized spacial score (nSPS) is 21.7. The lowest BCUT2D eigenvalue weighted by atomic mass is 10.0. The number of hydrogen-bond acceptors (Lipinski definition) is 3. The van der Waals surface area contributed by atoms with Crippen molar-refractivity contribution in [2.75, 3.05) is 20.2 Å². The van der Waals surface area contributed by atoms with E-state index in [9.17, 15) is 9.59 Å². The molecule has 0 bridgehead atoms. The molecule has 0 atom stereocenters. The molecule has 0 spiro atoms. The molecule has 5 heteroatoms. The first kappa shape index (κ1) is 11.2. The molecule has 1 N–H and O–H groups in total. The van der Waals surface area contributed by atoms with Crippen LogP contribution in [0.3, 0.4) is 0 Å². The third-order valence-electron chi connectivity index (χ3n) is 3.24. The van der Waals surface area contributed by atoms with Crippen LogP contribution in [0.5, 0.6) is 0 Å². The summed E-state index contributed by atoms with van der Waals surface area (Å²) in [5, 5.41) is 2.77. The summed E-state index contributed by atoms with van der Waals surface area (Å²) in [6.07, 6.45) is 3.38. The van der Waals surface area contributed by atoms with E-state index in [1.807, 2.05) is 4.90 Å². The van der Waals surface area contributed by atoms with Gasteiger partial charge in [0.1, 0.15) is 0 Å². The van der Waals surface area contributed by atoms with Gasteiger partial charge in [-0.25, -0.2) is 4.79 Å². The van der Waals surface area contributed by atoms with Crippen molar-refractivity contribution in [3.05, 3.63) is 0 Å². The van der Waals surface area contributed by atoms with Crippen molar-refractivity contribution < 1.29 is 14.3 Å².